The Hall–Kier alpha value is -1.34. The van der Waals surface area contributed by atoms with E-state index in [1.165, 1.54) is 11.8 Å². The fourth-order valence-corrected chi connectivity index (χ4v) is 2.31. The summed E-state index contributed by atoms with van der Waals surface area (Å²) in [7, 11) is 2.12. The van der Waals surface area contributed by atoms with E-state index in [0.717, 1.165) is 32.0 Å². The number of rotatable bonds is 4. The van der Waals surface area contributed by atoms with Gasteiger partial charge in [0.2, 0.25) is 5.91 Å². The third-order valence-corrected chi connectivity index (χ3v) is 3.67. The molecule has 1 aromatic rings. The second kappa shape index (κ2) is 6.01. The summed E-state index contributed by atoms with van der Waals surface area (Å²) >= 11 is 1.27. The number of primary amides is 1. The lowest BCUT2D eigenvalue weighted by molar-refractivity contribution is -0.115. The maximum Gasteiger partial charge on any atom is 0.227 e. The van der Waals surface area contributed by atoms with Crippen molar-refractivity contribution in [1.29, 1.82) is 0 Å². The van der Waals surface area contributed by atoms with Gasteiger partial charge >= 0.3 is 0 Å². The van der Waals surface area contributed by atoms with Gasteiger partial charge in [-0.05, 0) is 13.1 Å². The van der Waals surface area contributed by atoms with E-state index in [1.807, 2.05) is 6.07 Å². The molecule has 1 amide bonds. The molecule has 1 aliphatic heterocycles. The first-order valence-corrected chi connectivity index (χ1v) is 6.81. The van der Waals surface area contributed by atoms with Crippen LogP contribution >= 0.6 is 11.8 Å². The molecule has 6 nitrogen and oxygen atoms in total. The van der Waals surface area contributed by atoms with Crippen LogP contribution in [-0.4, -0.2) is 59.8 Å². The third kappa shape index (κ3) is 3.58. The molecule has 2 rings (SSSR count). The normalized spacial score (nSPS) is 16.8. The molecule has 0 aromatic carbocycles. The average molecular weight is 267 g/mol. The lowest BCUT2D eigenvalue weighted by atomic mass is 10.3. The van der Waals surface area contributed by atoms with Gasteiger partial charge in [-0.2, -0.15) is 0 Å². The van der Waals surface area contributed by atoms with Gasteiger partial charge in [0.25, 0.3) is 0 Å². The Labute approximate surface area is 111 Å². The van der Waals surface area contributed by atoms with Crippen molar-refractivity contribution in [3.8, 4) is 0 Å². The molecule has 1 aromatic heterocycles. The number of thioether (sulfide) groups is 1. The fourth-order valence-electron chi connectivity index (χ4n) is 1.75. The van der Waals surface area contributed by atoms with Crippen LogP contribution in [0.5, 0.6) is 0 Å². The minimum atomic E-state index is -0.353. The van der Waals surface area contributed by atoms with Gasteiger partial charge in [-0.25, -0.2) is 9.97 Å². The predicted molar refractivity (Wildman–Crippen MR) is 71.7 cm³/mol. The van der Waals surface area contributed by atoms with Crippen molar-refractivity contribution in [1.82, 2.24) is 14.9 Å². The molecule has 0 atom stereocenters. The van der Waals surface area contributed by atoms with Crippen LogP contribution in [0.15, 0.2) is 17.4 Å². The predicted octanol–water partition coefficient (Wildman–Crippen LogP) is -0.194. The molecule has 2 N–H and O–H groups in total. The highest BCUT2D eigenvalue weighted by molar-refractivity contribution is 7.99. The fraction of sp³-hybridized carbons (Fsp3) is 0.545. The van der Waals surface area contributed by atoms with E-state index < -0.39 is 0 Å². The van der Waals surface area contributed by atoms with Crippen molar-refractivity contribution >= 4 is 23.5 Å². The Balaban J connectivity index is 2.00. The number of aromatic nitrogens is 2. The second-order valence-corrected chi connectivity index (χ2v) is 5.19. The van der Waals surface area contributed by atoms with E-state index in [9.17, 15) is 4.79 Å². The van der Waals surface area contributed by atoms with Crippen LogP contribution < -0.4 is 10.6 Å². The Kier molecular flexibility index (Phi) is 4.38. The molecular formula is C11H17N5OS. The molecular weight excluding hydrogens is 250 g/mol. The number of piperazine rings is 1. The molecule has 7 heteroatoms. The van der Waals surface area contributed by atoms with Gasteiger partial charge in [-0.15, -0.1) is 0 Å². The number of likely N-dealkylation sites (N-methyl/N-ethyl adjacent to an activating group) is 1. The number of amides is 1. The van der Waals surface area contributed by atoms with E-state index in [1.54, 1.807) is 6.20 Å². The van der Waals surface area contributed by atoms with Gasteiger partial charge in [0.05, 0.1) is 5.75 Å². The first kappa shape index (κ1) is 13.1. The molecule has 0 saturated carbocycles. The van der Waals surface area contributed by atoms with Crippen molar-refractivity contribution in [3.05, 3.63) is 12.3 Å². The quantitative estimate of drug-likeness (QED) is 0.602. The molecule has 0 spiro atoms. The number of anilines is 1. The smallest absolute Gasteiger partial charge is 0.227 e. The average Bonchev–Trinajstić information content (AvgIpc) is 2.37. The number of carbonyl (C=O) groups excluding carboxylic acids is 1. The lowest BCUT2D eigenvalue weighted by Gasteiger charge is -2.33. The summed E-state index contributed by atoms with van der Waals surface area (Å²) < 4.78 is 0. The SMILES string of the molecule is CN1CCN(c2ccnc(SCC(N)=O)n2)CC1. The van der Waals surface area contributed by atoms with Crippen LogP contribution in [0.25, 0.3) is 0 Å². The van der Waals surface area contributed by atoms with E-state index in [-0.39, 0.29) is 11.7 Å². The summed E-state index contributed by atoms with van der Waals surface area (Å²) in [5.41, 5.74) is 5.11. The van der Waals surface area contributed by atoms with Crippen LogP contribution in [0.4, 0.5) is 5.82 Å². The molecule has 2 heterocycles. The van der Waals surface area contributed by atoms with Crippen LogP contribution in [0.2, 0.25) is 0 Å². The summed E-state index contributed by atoms with van der Waals surface area (Å²) in [6, 6.07) is 1.90. The van der Waals surface area contributed by atoms with Crippen LogP contribution in [-0.2, 0) is 4.79 Å². The van der Waals surface area contributed by atoms with Crippen molar-refractivity contribution in [2.45, 2.75) is 5.16 Å². The summed E-state index contributed by atoms with van der Waals surface area (Å²) in [4.78, 5) is 23.8. The van der Waals surface area contributed by atoms with Crippen molar-refractivity contribution in [2.75, 3.05) is 43.9 Å². The van der Waals surface area contributed by atoms with Crippen molar-refractivity contribution in [3.63, 3.8) is 0 Å². The highest BCUT2D eigenvalue weighted by atomic mass is 32.2. The maximum atomic E-state index is 10.7. The van der Waals surface area contributed by atoms with Gasteiger partial charge in [-0.3, -0.25) is 4.79 Å². The van der Waals surface area contributed by atoms with Crippen LogP contribution in [0, 0.1) is 0 Å². The number of hydrogen-bond donors (Lipinski definition) is 1. The summed E-state index contributed by atoms with van der Waals surface area (Å²) in [5.74, 6) is 0.783. The van der Waals surface area contributed by atoms with Gasteiger partial charge in [0.15, 0.2) is 5.16 Å². The van der Waals surface area contributed by atoms with E-state index in [2.05, 4.69) is 26.8 Å². The summed E-state index contributed by atoms with van der Waals surface area (Å²) in [5, 5.41) is 0.602. The lowest BCUT2D eigenvalue weighted by Crippen LogP contribution is -2.44. The van der Waals surface area contributed by atoms with E-state index >= 15 is 0 Å². The molecule has 1 saturated heterocycles. The molecule has 1 fully saturated rings. The maximum absolute atomic E-state index is 10.7. The zero-order valence-electron chi connectivity index (χ0n) is 10.4. The molecule has 0 bridgehead atoms. The number of carbonyl (C=O) groups is 1. The number of hydrogen-bond acceptors (Lipinski definition) is 6. The second-order valence-electron chi connectivity index (χ2n) is 4.24. The molecule has 1 aliphatic rings. The Morgan fingerprint density at radius 1 is 1.44 bits per heavy atom. The standard InChI is InChI=1S/C11H17N5OS/c1-15-4-6-16(7-5-15)10-2-3-13-11(14-10)18-8-9(12)17/h2-3H,4-8H2,1H3,(H2,12,17). The third-order valence-electron chi connectivity index (χ3n) is 2.79. The molecule has 18 heavy (non-hydrogen) atoms. The first-order valence-electron chi connectivity index (χ1n) is 5.83. The van der Waals surface area contributed by atoms with Gasteiger partial charge in [0.1, 0.15) is 5.82 Å². The van der Waals surface area contributed by atoms with Crippen molar-refractivity contribution < 1.29 is 4.79 Å². The Morgan fingerprint density at radius 2 is 2.17 bits per heavy atom. The topological polar surface area (TPSA) is 75.3 Å². The molecule has 98 valence electrons. The summed E-state index contributed by atoms with van der Waals surface area (Å²) in [6.45, 7) is 4.00. The molecule has 0 radical (unpaired) electrons. The zero-order valence-corrected chi connectivity index (χ0v) is 11.2. The molecule has 0 aliphatic carbocycles. The zero-order chi connectivity index (χ0) is 13.0. The largest absolute Gasteiger partial charge is 0.369 e. The Bertz CT molecular complexity index is 420. The minimum absolute atomic E-state index is 0.214. The minimum Gasteiger partial charge on any atom is -0.369 e. The van der Waals surface area contributed by atoms with Gasteiger partial charge in [0, 0.05) is 32.4 Å². The van der Waals surface area contributed by atoms with E-state index in [4.69, 9.17) is 5.73 Å². The monoisotopic (exact) mass is 267 g/mol. The van der Waals surface area contributed by atoms with Crippen LogP contribution in [0.3, 0.4) is 0 Å². The molecule has 0 unspecified atom stereocenters. The first-order chi connectivity index (χ1) is 8.65. The Morgan fingerprint density at radius 3 is 2.83 bits per heavy atom. The highest BCUT2D eigenvalue weighted by Crippen LogP contribution is 2.17. The number of nitrogens with two attached hydrogens (primary N) is 1. The van der Waals surface area contributed by atoms with Crippen molar-refractivity contribution in [2.24, 2.45) is 5.73 Å². The van der Waals surface area contributed by atoms with Crippen LogP contribution in [0.1, 0.15) is 0 Å². The van der Waals surface area contributed by atoms with Gasteiger partial charge in [-0.1, -0.05) is 11.8 Å². The highest BCUT2D eigenvalue weighted by Gasteiger charge is 2.15. The number of nitrogens with zero attached hydrogens (tertiary/aromatic N) is 4. The van der Waals surface area contributed by atoms with E-state index in [0.29, 0.717) is 5.16 Å². The van der Waals surface area contributed by atoms with Gasteiger partial charge < -0.3 is 15.5 Å². The summed E-state index contributed by atoms with van der Waals surface area (Å²) in [6.07, 6.45) is 1.73.